The van der Waals surface area contributed by atoms with E-state index < -0.39 is 43.8 Å². The maximum Gasteiger partial charge on any atom is 0.264 e. The molecule has 5 heterocycles. The molecule has 2 unspecified atom stereocenters. The third-order valence-corrected chi connectivity index (χ3v) is 23.3. The number of rotatable bonds is 24. The topological polar surface area (TPSA) is 203 Å². The maximum atomic E-state index is 16.7. The number of carbonyl (C=O) groups excluding carboxylic acids is 4. The molecule has 6 aromatic carbocycles. The lowest BCUT2D eigenvalue weighted by Gasteiger charge is -2.39. The first-order valence-electron chi connectivity index (χ1n) is 31.4. The number of fused-ring (bicyclic) bond motifs is 5. The molecule has 0 aliphatic carbocycles. The summed E-state index contributed by atoms with van der Waals surface area (Å²) in [6.45, 7) is 12.9. The van der Waals surface area contributed by atoms with E-state index in [9.17, 15) is 20.1 Å². The molecule has 88 heavy (non-hydrogen) atoms. The number of hydrogen-bond donors (Lipinski definition) is 5. The van der Waals surface area contributed by atoms with Crippen molar-refractivity contribution >= 4 is 65.3 Å². The molecule has 6 aromatic rings. The SMILES string of the molecule is CCOc1ccc2c(c1)CC(NCCCCO)C(=O)N2c1cccc(CN2C(=O)[C@@]3(O[C@@H](CC(=O)N4Cc5ccccc5C[C@H]4CO)[C@H]([Si](C)(C)c4ccc(OC)cc4)[C@H]3C)c3cc(N4C(=O)C(NCCCCO)Cc5cc(OCC)ccc54)ccc32)c1. The number of ether oxygens (including phenoxy) is 4. The van der Waals surface area contributed by atoms with Gasteiger partial charge < -0.3 is 54.7 Å². The molecule has 18 heteroatoms. The molecule has 5 N–H and O–H groups in total. The monoisotopic (exact) mass is 1210 g/mol. The van der Waals surface area contributed by atoms with Gasteiger partial charge in [-0.15, -0.1) is 0 Å². The van der Waals surface area contributed by atoms with Crippen LogP contribution in [-0.2, 0) is 61.9 Å². The zero-order valence-electron chi connectivity index (χ0n) is 51.5. The summed E-state index contributed by atoms with van der Waals surface area (Å²) < 4.78 is 25.3. The van der Waals surface area contributed by atoms with Gasteiger partial charge in [0.15, 0.2) is 5.60 Å². The minimum Gasteiger partial charge on any atom is -0.497 e. The highest BCUT2D eigenvalue weighted by Crippen LogP contribution is 2.61. The largest absolute Gasteiger partial charge is 0.497 e. The third kappa shape index (κ3) is 11.9. The first kappa shape index (κ1) is 62.2. The fourth-order valence-electron chi connectivity index (χ4n) is 14.5. The van der Waals surface area contributed by atoms with Crippen LogP contribution in [0.2, 0.25) is 18.6 Å². The number of hydrogen-bond acceptors (Lipinski definition) is 13. The van der Waals surface area contributed by atoms with Crippen LogP contribution in [0.1, 0.15) is 86.3 Å². The molecule has 1 saturated heterocycles. The Labute approximate surface area is 517 Å². The van der Waals surface area contributed by atoms with Crippen molar-refractivity contribution in [1.29, 1.82) is 0 Å². The van der Waals surface area contributed by atoms with E-state index in [0.29, 0.717) is 123 Å². The van der Waals surface area contributed by atoms with Gasteiger partial charge in [-0.05, 0) is 184 Å². The first-order valence-corrected chi connectivity index (χ1v) is 34.5. The lowest BCUT2D eigenvalue weighted by atomic mass is 9.82. The highest BCUT2D eigenvalue weighted by atomic mass is 28.3. The van der Waals surface area contributed by atoms with Gasteiger partial charge in [0.25, 0.3) is 5.91 Å². The third-order valence-electron chi connectivity index (χ3n) is 18.9. The van der Waals surface area contributed by atoms with Crippen molar-refractivity contribution in [2.45, 2.75) is 134 Å². The van der Waals surface area contributed by atoms with Gasteiger partial charge in [0, 0.05) is 42.6 Å². The van der Waals surface area contributed by atoms with Crippen molar-refractivity contribution in [1.82, 2.24) is 15.5 Å². The fourth-order valence-corrected chi connectivity index (χ4v) is 18.6. The van der Waals surface area contributed by atoms with Crippen LogP contribution in [0.25, 0.3) is 0 Å². The molecule has 5 aliphatic rings. The van der Waals surface area contributed by atoms with Crippen LogP contribution < -0.4 is 44.7 Å². The lowest BCUT2D eigenvalue weighted by molar-refractivity contribution is -0.151. The Kier molecular flexibility index (Phi) is 18.9. The summed E-state index contributed by atoms with van der Waals surface area (Å²) in [6, 6.07) is 39.6. The number of benzene rings is 6. The van der Waals surface area contributed by atoms with Gasteiger partial charge in [-0.2, -0.15) is 0 Å². The van der Waals surface area contributed by atoms with E-state index in [4.69, 9.17) is 18.9 Å². The molecular formula is C70H84N6O11Si. The first-order chi connectivity index (χ1) is 42.7. The van der Waals surface area contributed by atoms with Gasteiger partial charge >= 0.3 is 0 Å². The Morgan fingerprint density at radius 2 is 1.24 bits per heavy atom. The summed E-state index contributed by atoms with van der Waals surface area (Å²) >= 11 is 0. The van der Waals surface area contributed by atoms with Crippen LogP contribution in [0, 0.1) is 5.92 Å². The zero-order chi connectivity index (χ0) is 61.9. The van der Waals surface area contributed by atoms with Crippen molar-refractivity contribution in [3.63, 3.8) is 0 Å². The molecule has 7 atom stereocenters. The van der Waals surface area contributed by atoms with E-state index in [1.54, 1.807) is 26.7 Å². The number of nitrogens with zero attached hydrogens (tertiary/aromatic N) is 4. The number of carbonyl (C=O) groups is 4. The molecule has 464 valence electrons. The number of aliphatic hydroxyl groups excluding tert-OH is 3. The summed E-state index contributed by atoms with van der Waals surface area (Å²) in [6.07, 6.45) is 3.14. The molecule has 4 amide bonds. The van der Waals surface area contributed by atoms with Gasteiger partial charge in [-0.25, -0.2) is 0 Å². The molecule has 1 fully saturated rings. The summed E-state index contributed by atoms with van der Waals surface area (Å²) in [4.78, 5) is 69.0. The quantitative estimate of drug-likeness (QED) is 0.0286. The molecule has 0 radical (unpaired) electrons. The predicted octanol–water partition coefficient (Wildman–Crippen LogP) is 8.49. The zero-order valence-corrected chi connectivity index (χ0v) is 52.5. The van der Waals surface area contributed by atoms with Gasteiger partial charge in [0.1, 0.15) is 17.2 Å². The molecule has 1 spiro atoms. The van der Waals surface area contributed by atoms with Crippen molar-refractivity contribution in [3.05, 3.63) is 161 Å². The molecular weight excluding hydrogens is 1130 g/mol. The normalized spacial score (nSPS) is 22.2. The smallest absolute Gasteiger partial charge is 0.264 e. The van der Waals surface area contributed by atoms with E-state index in [2.05, 4.69) is 48.9 Å². The lowest BCUT2D eigenvalue weighted by Crippen LogP contribution is -2.52. The average molecular weight is 1210 g/mol. The van der Waals surface area contributed by atoms with Crippen molar-refractivity contribution in [2.75, 3.05) is 67.9 Å². The number of unbranched alkanes of at least 4 members (excludes halogenated alkanes) is 2. The molecule has 5 aliphatic heterocycles. The molecule has 17 nitrogen and oxygen atoms in total. The minimum absolute atomic E-state index is 0.0469. The van der Waals surface area contributed by atoms with Crippen LogP contribution >= 0.6 is 0 Å². The second-order valence-corrected chi connectivity index (χ2v) is 29.2. The molecule has 0 saturated carbocycles. The molecule has 0 aromatic heterocycles. The fraction of sp³-hybridized carbons (Fsp3) is 0.429. The molecule has 0 bridgehead atoms. The van der Waals surface area contributed by atoms with Gasteiger partial charge in [-0.3, -0.25) is 29.0 Å². The number of anilines is 5. The highest BCUT2D eigenvalue weighted by molar-refractivity contribution is 6.91. The summed E-state index contributed by atoms with van der Waals surface area (Å²) in [5, 5.41) is 38.1. The van der Waals surface area contributed by atoms with Gasteiger partial charge in [-0.1, -0.05) is 73.7 Å². The van der Waals surface area contributed by atoms with Crippen LogP contribution in [0.3, 0.4) is 0 Å². The Bertz CT molecular complexity index is 3530. The van der Waals surface area contributed by atoms with E-state index in [1.807, 2.05) is 123 Å². The average Bonchev–Trinajstić information content (AvgIpc) is 1.53. The van der Waals surface area contributed by atoms with E-state index >= 15 is 14.4 Å². The van der Waals surface area contributed by atoms with Crippen molar-refractivity contribution in [3.8, 4) is 17.2 Å². The maximum absolute atomic E-state index is 16.7. The van der Waals surface area contributed by atoms with Crippen LogP contribution in [0.5, 0.6) is 17.2 Å². The van der Waals surface area contributed by atoms with Gasteiger partial charge in [0.05, 0.1) is 89.3 Å². The van der Waals surface area contributed by atoms with Gasteiger partial charge in [0.2, 0.25) is 17.7 Å². The van der Waals surface area contributed by atoms with E-state index in [1.165, 1.54) is 0 Å². The second kappa shape index (κ2) is 26.7. The van der Waals surface area contributed by atoms with E-state index in [-0.39, 0.29) is 62.0 Å². The summed E-state index contributed by atoms with van der Waals surface area (Å²) in [7, 11) is -1.18. The number of aliphatic hydroxyl groups is 3. The van der Waals surface area contributed by atoms with E-state index in [0.717, 1.165) is 38.7 Å². The standard InChI is InChI=1S/C70H84N6O11Si/c1-7-85-55-23-28-61-49(36-55)38-59(71-30-11-13-32-77)67(81)75(61)51-19-15-16-46(34-51)42-74-63-27-20-52(76-62-29-24-56(86-8-2)37-50(62)39-60(68(76)82)72-31-12-14-33-78)40-58(63)70(69(74)83)45(3)66(88(5,6)57-25-21-54(84-4)22-26-57)64(87-70)41-65(80)73-43-48-18-10-9-17-47(48)35-53(73)44-79/h9-10,15-29,34,36-37,40,45,53,59-60,64,66,71-72,77-79H,7-8,11-14,30-33,35,38-39,41-44H2,1-6H3/t45-,53+,59?,60?,64+,66-,70+/m1/s1. The van der Waals surface area contributed by atoms with Crippen LogP contribution in [0.4, 0.5) is 28.4 Å². The Balaban J connectivity index is 1.03. The van der Waals surface area contributed by atoms with Crippen LogP contribution in [0.15, 0.2) is 127 Å². The highest BCUT2D eigenvalue weighted by Gasteiger charge is 2.67. The van der Waals surface area contributed by atoms with Crippen molar-refractivity contribution in [2.24, 2.45) is 5.92 Å². The minimum atomic E-state index is -2.82. The Hall–Kier alpha value is -7.42. The summed E-state index contributed by atoms with van der Waals surface area (Å²) in [5.74, 6) is 0.794. The Morgan fingerprint density at radius 1 is 0.659 bits per heavy atom. The number of amides is 4. The number of methoxy groups -OCH3 is 1. The number of nitrogens with one attached hydrogen (secondary N) is 2. The summed E-state index contributed by atoms with van der Waals surface area (Å²) in [5.41, 5.74) is 6.48. The molecule has 11 rings (SSSR count). The van der Waals surface area contributed by atoms with Crippen LogP contribution in [-0.4, -0.2) is 129 Å². The van der Waals surface area contributed by atoms with Crippen molar-refractivity contribution < 1.29 is 53.4 Å². The Morgan fingerprint density at radius 3 is 1.82 bits per heavy atom. The predicted molar refractivity (Wildman–Crippen MR) is 343 cm³/mol. The second-order valence-electron chi connectivity index (χ2n) is 24.5.